The molecule has 0 saturated carbocycles. The molecular formula is C14H22N6O. The third-order valence-electron chi connectivity index (χ3n) is 3.85. The maximum absolute atomic E-state index is 5.87. The van der Waals surface area contributed by atoms with Crippen molar-refractivity contribution in [2.75, 3.05) is 19.7 Å². The second-order valence-electron chi connectivity index (χ2n) is 5.57. The van der Waals surface area contributed by atoms with Crippen molar-refractivity contribution in [1.29, 1.82) is 0 Å². The van der Waals surface area contributed by atoms with Crippen LogP contribution in [-0.4, -0.2) is 55.0 Å². The Hall–Kier alpha value is -1.73. The van der Waals surface area contributed by atoms with Crippen LogP contribution in [0.25, 0.3) is 0 Å². The van der Waals surface area contributed by atoms with E-state index in [0.29, 0.717) is 0 Å². The summed E-state index contributed by atoms with van der Waals surface area (Å²) in [7, 11) is 2.03. The van der Waals surface area contributed by atoms with E-state index in [9.17, 15) is 0 Å². The molecule has 7 nitrogen and oxygen atoms in total. The smallest absolute Gasteiger partial charge is 0.147 e. The predicted octanol–water partition coefficient (Wildman–Crippen LogP) is 0.529. The molecule has 21 heavy (non-hydrogen) atoms. The van der Waals surface area contributed by atoms with Gasteiger partial charge < -0.3 is 9.30 Å². The molecule has 3 heterocycles. The van der Waals surface area contributed by atoms with Crippen molar-refractivity contribution in [3.05, 3.63) is 29.9 Å². The van der Waals surface area contributed by atoms with Gasteiger partial charge in [-0.3, -0.25) is 4.90 Å². The van der Waals surface area contributed by atoms with E-state index >= 15 is 0 Å². The number of aryl methyl sites for hydroxylation is 3. The molecule has 1 aliphatic rings. The Balaban J connectivity index is 1.60. The molecular weight excluding hydrogens is 268 g/mol. The van der Waals surface area contributed by atoms with Crippen molar-refractivity contribution in [3.63, 3.8) is 0 Å². The number of ether oxygens (including phenoxy) is 1. The van der Waals surface area contributed by atoms with Gasteiger partial charge in [-0.15, -0.1) is 0 Å². The molecule has 114 valence electrons. The number of imidazole rings is 1. The summed E-state index contributed by atoms with van der Waals surface area (Å²) >= 11 is 0. The summed E-state index contributed by atoms with van der Waals surface area (Å²) in [5.41, 5.74) is 0. The van der Waals surface area contributed by atoms with Gasteiger partial charge in [0.1, 0.15) is 17.5 Å². The number of hydrogen-bond acceptors (Lipinski definition) is 5. The van der Waals surface area contributed by atoms with E-state index in [1.54, 1.807) is 0 Å². The Morgan fingerprint density at radius 1 is 1.38 bits per heavy atom. The minimum absolute atomic E-state index is 0.152. The zero-order valence-electron chi connectivity index (χ0n) is 12.9. The van der Waals surface area contributed by atoms with Crippen LogP contribution in [0.15, 0.2) is 12.4 Å². The molecule has 0 aliphatic carbocycles. The molecule has 1 saturated heterocycles. The fourth-order valence-electron chi connectivity index (χ4n) is 2.71. The summed E-state index contributed by atoms with van der Waals surface area (Å²) in [5, 5.41) is 4.41. The normalized spacial score (nSPS) is 20.0. The van der Waals surface area contributed by atoms with Gasteiger partial charge in [-0.25, -0.2) is 14.6 Å². The summed E-state index contributed by atoms with van der Waals surface area (Å²) in [6.45, 7) is 8.10. The lowest BCUT2D eigenvalue weighted by molar-refractivity contribution is -0.0414. The number of hydrogen-bond donors (Lipinski definition) is 0. The Morgan fingerprint density at radius 3 is 2.90 bits per heavy atom. The van der Waals surface area contributed by atoms with Crippen molar-refractivity contribution in [3.8, 4) is 0 Å². The average molecular weight is 290 g/mol. The van der Waals surface area contributed by atoms with Gasteiger partial charge >= 0.3 is 0 Å². The van der Waals surface area contributed by atoms with Crippen LogP contribution in [0.2, 0.25) is 0 Å². The highest BCUT2D eigenvalue weighted by Gasteiger charge is 2.22. The lowest BCUT2D eigenvalue weighted by Crippen LogP contribution is -2.44. The summed E-state index contributed by atoms with van der Waals surface area (Å²) < 4.78 is 9.87. The van der Waals surface area contributed by atoms with Crippen LogP contribution < -0.4 is 0 Å². The average Bonchev–Trinajstić information content (AvgIpc) is 2.97. The summed E-state index contributed by atoms with van der Waals surface area (Å²) in [6.07, 6.45) is 3.97. The van der Waals surface area contributed by atoms with Gasteiger partial charge in [-0.2, -0.15) is 5.10 Å². The molecule has 7 heteroatoms. The SMILES string of the molecule is Cc1nc(C)n(C[C@@H]2CN(Cc3nccn3C)CCO2)n1. The second kappa shape index (κ2) is 5.95. The zero-order chi connectivity index (χ0) is 14.8. The third-order valence-corrected chi connectivity index (χ3v) is 3.85. The van der Waals surface area contributed by atoms with E-state index in [1.165, 1.54) is 0 Å². The van der Waals surface area contributed by atoms with Crippen LogP contribution in [-0.2, 0) is 24.9 Å². The summed E-state index contributed by atoms with van der Waals surface area (Å²) in [4.78, 5) is 11.1. The Labute approximate surface area is 124 Å². The highest BCUT2D eigenvalue weighted by Crippen LogP contribution is 2.11. The topological polar surface area (TPSA) is 61.0 Å². The monoisotopic (exact) mass is 290 g/mol. The van der Waals surface area contributed by atoms with Gasteiger partial charge in [0.2, 0.25) is 0 Å². The highest BCUT2D eigenvalue weighted by atomic mass is 16.5. The van der Waals surface area contributed by atoms with E-state index in [1.807, 2.05) is 38.0 Å². The van der Waals surface area contributed by atoms with E-state index in [-0.39, 0.29) is 6.10 Å². The molecule has 2 aromatic rings. The number of morpholine rings is 1. The molecule has 0 radical (unpaired) electrons. The first kappa shape index (κ1) is 14.2. The first-order valence-electron chi connectivity index (χ1n) is 7.30. The highest BCUT2D eigenvalue weighted by molar-refractivity contribution is 4.92. The van der Waals surface area contributed by atoms with Crippen LogP contribution in [0.5, 0.6) is 0 Å². The summed E-state index contributed by atoms with van der Waals surface area (Å²) in [6, 6.07) is 0. The van der Waals surface area contributed by atoms with Crippen molar-refractivity contribution >= 4 is 0 Å². The molecule has 1 atom stereocenters. The van der Waals surface area contributed by atoms with Crippen molar-refractivity contribution in [2.45, 2.75) is 33.0 Å². The standard InChI is InChI=1S/C14H22N6O/c1-11-16-12(2)20(17-11)9-13-8-19(6-7-21-13)10-14-15-4-5-18(14)3/h4-5,13H,6-10H2,1-3H3/t13-/m0/s1. The maximum Gasteiger partial charge on any atom is 0.147 e. The molecule has 0 N–H and O–H groups in total. The molecule has 0 spiro atoms. The van der Waals surface area contributed by atoms with Crippen LogP contribution >= 0.6 is 0 Å². The molecule has 3 rings (SSSR count). The molecule has 2 aromatic heterocycles. The predicted molar refractivity (Wildman–Crippen MR) is 77.7 cm³/mol. The van der Waals surface area contributed by atoms with Gasteiger partial charge in [0, 0.05) is 32.5 Å². The van der Waals surface area contributed by atoms with Gasteiger partial charge in [0.05, 0.1) is 25.8 Å². The van der Waals surface area contributed by atoms with Gasteiger partial charge in [0.15, 0.2) is 0 Å². The minimum Gasteiger partial charge on any atom is -0.374 e. The molecule has 1 fully saturated rings. The summed E-state index contributed by atoms with van der Waals surface area (Å²) in [5.74, 6) is 2.84. The number of rotatable bonds is 4. The fourth-order valence-corrected chi connectivity index (χ4v) is 2.71. The van der Waals surface area contributed by atoms with E-state index in [2.05, 4.69) is 24.5 Å². The van der Waals surface area contributed by atoms with Crippen LogP contribution in [0.4, 0.5) is 0 Å². The lowest BCUT2D eigenvalue weighted by Gasteiger charge is -2.32. The van der Waals surface area contributed by atoms with Gasteiger partial charge in [-0.05, 0) is 13.8 Å². The van der Waals surface area contributed by atoms with Crippen LogP contribution in [0.1, 0.15) is 17.5 Å². The molecule has 1 aliphatic heterocycles. The third kappa shape index (κ3) is 3.30. The van der Waals surface area contributed by atoms with Gasteiger partial charge in [-0.1, -0.05) is 0 Å². The number of aromatic nitrogens is 5. The van der Waals surface area contributed by atoms with Crippen LogP contribution in [0.3, 0.4) is 0 Å². The van der Waals surface area contributed by atoms with Crippen molar-refractivity contribution in [2.24, 2.45) is 7.05 Å². The molecule has 0 bridgehead atoms. The minimum atomic E-state index is 0.152. The first-order chi connectivity index (χ1) is 10.1. The molecule has 0 amide bonds. The Kier molecular flexibility index (Phi) is 4.03. The Bertz CT molecular complexity index is 604. The second-order valence-corrected chi connectivity index (χ2v) is 5.57. The van der Waals surface area contributed by atoms with Gasteiger partial charge in [0.25, 0.3) is 0 Å². The van der Waals surface area contributed by atoms with Crippen molar-refractivity contribution < 1.29 is 4.74 Å². The fraction of sp³-hybridized carbons (Fsp3) is 0.643. The van der Waals surface area contributed by atoms with E-state index < -0.39 is 0 Å². The zero-order valence-corrected chi connectivity index (χ0v) is 12.9. The maximum atomic E-state index is 5.87. The number of nitrogens with zero attached hydrogens (tertiary/aromatic N) is 6. The van der Waals surface area contributed by atoms with E-state index in [4.69, 9.17) is 4.74 Å². The van der Waals surface area contributed by atoms with E-state index in [0.717, 1.165) is 50.3 Å². The van der Waals surface area contributed by atoms with Crippen LogP contribution in [0, 0.1) is 13.8 Å². The largest absolute Gasteiger partial charge is 0.374 e. The quantitative estimate of drug-likeness (QED) is 0.822. The first-order valence-corrected chi connectivity index (χ1v) is 7.30. The molecule has 0 aromatic carbocycles. The van der Waals surface area contributed by atoms with Crippen molar-refractivity contribution in [1.82, 2.24) is 29.2 Å². The molecule has 0 unspecified atom stereocenters. The lowest BCUT2D eigenvalue weighted by atomic mass is 10.2. The Morgan fingerprint density at radius 2 is 2.24 bits per heavy atom.